The van der Waals surface area contributed by atoms with Crippen LogP contribution in [0.3, 0.4) is 0 Å². The Labute approximate surface area is 124 Å². The number of benzene rings is 1. The van der Waals surface area contributed by atoms with Crippen LogP contribution in [0.4, 0.5) is 0 Å². The van der Waals surface area contributed by atoms with Crippen LogP contribution in [0, 0.1) is 0 Å². The molecule has 2 heterocycles. The SMILES string of the molecule is Brc1csc(CNCCn2ncc3ccccc32)c1. The maximum absolute atomic E-state index is 4.42. The summed E-state index contributed by atoms with van der Waals surface area (Å²) >= 11 is 5.24. The zero-order chi connectivity index (χ0) is 13.1. The zero-order valence-corrected chi connectivity index (χ0v) is 12.7. The van der Waals surface area contributed by atoms with E-state index >= 15 is 0 Å². The van der Waals surface area contributed by atoms with Crippen LogP contribution in [0.2, 0.25) is 0 Å². The molecule has 0 atom stereocenters. The fraction of sp³-hybridized carbons (Fsp3) is 0.214. The predicted octanol–water partition coefficient (Wildman–Crippen LogP) is 3.65. The van der Waals surface area contributed by atoms with Crippen molar-refractivity contribution in [1.82, 2.24) is 15.1 Å². The largest absolute Gasteiger partial charge is 0.310 e. The summed E-state index contributed by atoms with van der Waals surface area (Å²) in [7, 11) is 0. The molecule has 0 amide bonds. The Morgan fingerprint density at radius 3 is 3.05 bits per heavy atom. The number of aromatic nitrogens is 2. The van der Waals surface area contributed by atoms with Crippen molar-refractivity contribution >= 4 is 38.2 Å². The molecule has 0 bridgehead atoms. The van der Waals surface area contributed by atoms with Crippen LogP contribution in [0.25, 0.3) is 10.9 Å². The van der Waals surface area contributed by atoms with Crippen molar-refractivity contribution in [2.45, 2.75) is 13.1 Å². The molecular weight excluding hydrogens is 322 g/mol. The topological polar surface area (TPSA) is 29.9 Å². The molecular formula is C14H14BrN3S. The molecule has 0 saturated heterocycles. The van der Waals surface area contributed by atoms with Crippen LogP contribution >= 0.6 is 27.3 Å². The van der Waals surface area contributed by atoms with Crippen LogP contribution in [0.15, 0.2) is 46.4 Å². The van der Waals surface area contributed by atoms with E-state index in [0.717, 1.165) is 24.1 Å². The Bertz CT molecular complexity index is 674. The van der Waals surface area contributed by atoms with Gasteiger partial charge < -0.3 is 5.32 Å². The molecule has 98 valence electrons. The Morgan fingerprint density at radius 1 is 1.32 bits per heavy atom. The van der Waals surface area contributed by atoms with Gasteiger partial charge in [-0.05, 0) is 28.1 Å². The quantitative estimate of drug-likeness (QED) is 0.721. The third kappa shape index (κ3) is 3.05. The Balaban J connectivity index is 1.55. The molecule has 5 heteroatoms. The Kier molecular flexibility index (Phi) is 3.96. The summed E-state index contributed by atoms with van der Waals surface area (Å²) in [5.41, 5.74) is 1.20. The molecule has 1 N–H and O–H groups in total. The minimum Gasteiger partial charge on any atom is -0.310 e. The van der Waals surface area contributed by atoms with Gasteiger partial charge in [-0.1, -0.05) is 18.2 Å². The van der Waals surface area contributed by atoms with Gasteiger partial charge in [0.25, 0.3) is 0 Å². The van der Waals surface area contributed by atoms with E-state index in [9.17, 15) is 0 Å². The number of halogens is 1. The lowest BCUT2D eigenvalue weighted by atomic mass is 10.2. The van der Waals surface area contributed by atoms with E-state index in [4.69, 9.17) is 0 Å². The number of nitrogens with zero attached hydrogens (tertiary/aromatic N) is 2. The van der Waals surface area contributed by atoms with Gasteiger partial charge >= 0.3 is 0 Å². The molecule has 19 heavy (non-hydrogen) atoms. The van der Waals surface area contributed by atoms with Gasteiger partial charge in [0.15, 0.2) is 0 Å². The number of para-hydroxylation sites is 1. The Hall–Kier alpha value is -1.17. The minimum atomic E-state index is 0.889. The summed E-state index contributed by atoms with van der Waals surface area (Å²) in [6, 6.07) is 10.5. The van der Waals surface area contributed by atoms with Crippen LogP contribution in [-0.4, -0.2) is 16.3 Å². The highest BCUT2D eigenvalue weighted by Gasteiger charge is 2.01. The Morgan fingerprint density at radius 2 is 2.21 bits per heavy atom. The van der Waals surface area contributed by atoms with Gasteiger partial charge in [0.2, 0.25) is 0 Å². The summed E-state index contributed by atoms with van der Waals surface area (Å²) in [5.74, 6) is 0. The number of hydrogen-bond acceptors (Lipinski definition) is 3. The molecule has 0 aliphatic carbocycles. The van der Waals surface area contributed by atoms with Gasteiger partial charge in [-0.25, -0.2) is 0 Å². The van der Waals surface area contributed by atoms with Crippen LogP contribution in [0.1, 0.15) is 4.88 Å². The third-order valence-electron chi connectivity index (χ3n) is 2.97. The average molecular weight is 336 g/mol. The van der Waals surface area contributed by atoms with Crippen molar-refractivity contribution in [3.8, 4) is 0 Å². The van der Waals surface area contributed by atoms with Gasteiger partial charge in [0.1, 0.15) is 0 Å². The summed E-state index contributed by atoms with van der Waals surface area (Å²) < 4.78 is 3.21. The van der Waals surface area contributed by atoms with E-state index in [1.54, 1.807) is 11.3 Å². The first kappa shape index (κ1) is 12.8. The van der Waals surface area contributed by atoms with Crippen molar-refractivity contribution in [2.24, 2.45) is 0 Å². The molecule has 2 aromatic heterocycles. The number of rotatable bonds is 5. The molecule has 1 aromatic carbocycles. The van der Waals surface area contributed by atoms with E-state index in [1.165, 1.54) is 15.8 Å². The second kappa shape index (κ2) is 5.86. The zero-order valence-electron chi connectivity index (χ0n) is 10.3. The monoisotopic (exact) mass is 335 g/mol. The van der Waals surface area contributed by atoms with E-state index in [0.29, 0.717) is 0 Å². The first-order chi connectivity index (χ1) is 9.33. The van der Waals surface area contributed by atoms with Gasteiger partial charge in [-0.15, -0.1) is 11.3 Å². The van der Waals surface area contributed by atoms with Crippen molar-refractivity contribution in [2.75, 3.05) is 6.54 Å². The highest BCUT2D eigenvalue weighted by Crippen LogP contribution is 2.19. The van der Waals surface area contributed by atoms with Crippen molar-refractivity contribution in [1.29, 1.82) is 0 Å². The fourth-order valence-corrected chi connectivity index (χ4v) is 3.47. The highest BCUT2D eigenvalue weighted by atomic mass is 79.9. The molecule has 0 saturated carbocycles. The summed E-state index contributed by atoms with van der Waals surface area (Å²) in [6.45, 7) is 2.72. The van der Waals surface area contributed by atoms with Crippen LogP contribution in [0.5, 0.6) is 0 Å². The van der Waals surface area contributed by atoms with Crippen molar-refractivity contribution in [3.63, 3.8) is 0 Å². The lowest BCUT2D eigenvalue weighted by Crippen LogP contribution is -2.19. The fourth-order valence-electron chi connectivity index (χ4n) is 2.05. The van der Waals surface area contributed by atoms with Crippen molar-refractivity contribution in [3.05, 3.63) is 51.3 Å². The van der Waals surface area contributed by atoms with Crippen LogP contribution < -0.4 is 5.32 Å². The molecule has 3 rings (SSSR count). The lowest BCUT2D eigenvalue weighted by Gasteiger charge is -2.05. The molecule has 0 unspecified atom stereocenters. The first-order valence-electron chi connectivity index (χ1n) is 6.17. The number of hydrogen-bond donors (Lipinski definition) is 1. The smallest absolute Gasteiger partial charge is 0.0682 e. The van der Waals surface area contributed by atoms with E-state index in [-0.39, 0.29) is 0 Å². The average Bonchev–Trinajstić information content (AvgIpc) is 3.02. The molecule has 0 fully saturated rings. The van der Waals surface area contributed by atoms with E-state index in [1.807, 2.05) is 16.9 Å². The lowest BCUT2D eigenvalue weighted by molar-refractivity contribution is 0.569. The summed E-state index contributed by atoms with van der Waals surface area (Å²) in [5, 5.41) is 11.2. The maximum Gasteiger partial charge on any atom is 0.0682 e. The van der Waals surface area contributed by atoms with E-state index < -0.39 is 0 Å². The molecule has 0 spiro atoms. The van der Waals surface area contributed by atoms with Gasteiger partial charge in [-0.3, -0.25) is 4.68 Å². The molecule has 3 aromatic rings. The van der Waals surface area contributed by atoms with Crippen LogP contribution in [-0.2, 0) is 13.1 Å². The minimum absolute atomic E-state index is 0.889. The second-order valence-corrected chi connectivity index (χ2v) is 6.25. The normalized spacial score (nSPS) is 11.2. The molecule has 0 radical (unpaired) electrons. The first-order valence-corrected chi connectivity index (χ1v) is 7.84. The summed E-state index contributed by atoms with van der Waals surface area (Å²) in [4.78, 5) is 1.34. The molecule has 0 aliphatic rings. The molecule has 0 aliphatic heterocycles. The standard InChI is InChI=1S/C14H14BrN3S/c15-12-7-13(19-10-12)9-16-5-6-18-14-4-2-1-3-11(14)8-17-18/h1-4,7-8,10,16H,5-6,9H2. The third-order valence-corrected chi connectivity index (χ3v) is 4.67. The molecule has 3 nitrogen and oxygen atoms in total. The van der Waals surface area contributed by atoms with Gasteiger partial charge in [-0.2, -0.15) is 5.10 Å². The number of nitrogens with one attached hydrogen (secondary N) is 1. The maximum atomic E-state index is 4.42. The van der Waals surface area contributed by atoms with E-state index in [2.05, 4.69) is 56.0 Å². The number of fused-ring (bicyclic) bond motifs is 1. The van der Waals surface area contributed by atoms with Crippen molar-refractivity contribution < 1.29 is 0 Å². The highest BCUT2D eigenvalue weighted by molar-refractivity contribution is 9.10. The predicted molar refractivity (Wildman–Crippen MR) is 83.5 cm³/mol. The number of thiophene rings is 1. The van der Waals surface area contributed by atoms with Gasteiger partial charge in [0.05, 0.1) is 18.3 Å². The second-order valence-electron chi connectivity index (χ2n) is 4.33. The van der Waals surface area contributed by atoms with Gasteiger partial charge in [0, 0.05) is 33.2 Å². The summed E-state index contributed by atoms with van der Waals surface area (Å²) in [6.07, 6.45) is 1.92.